The zero-order valence-corrected chi connectivity index (χ0v) is 12.0. The highest BCUT2D eigenvalue weighted by Crippen LogP contribution is 2.23. The normalized spacial score (nSPS) is 11.9. The van der Waals surface area contributed by atoms with E-state index >= 15 is 0 Å². The van der Waals surface area contributed by atoms with Crippen LogP contribution in [0.1, 0.15) is 37.0 Å². The standard InChI is InChI=1S/C12H17N3S2/c1-12(2,3)10-8-16-11(15-10)6-13-4-9-5-14-17-7-9/h5,7-8,13H,4,6H2,1-3H3. The predicted octanol–water partition coefficient (Wildman–Crippen LogP) is 3.19. The molecule has 2 rings (SSSR count). The van der Waals surface area contributed by atoms with E-state index in [9.17, 15) is 0 Å². The van der Waals surface area contributed by atoms with E-state index in [1.165, 1.54) is 22.8 Å². The molecule has 0 amide bonds. The van der Waals surface area contributed by atoms with E-state index in [1.807, 2.05) is 6.20 Å². The first kappa shape index (κ1) is 12.7. The lowest BCUT2D eigenvalue weighted by atomic mass is 9.93. The van der Waals surface area contributed by atoms with Crippen molar-refractivity contribution >= 4 is 22.9 Å². The summed E-state index contributed by atoms with van der Waals surface area (Å²) >= 11 is 3.22. The Kier molecular flexibility index (Phi) is 3.91. The summed E-state index contributed by atoms with van der Waals surface area (Å²) in [6, 6.07) is 0. The van der Waals surface area contributed by atoms with Crippen molar-refractivity contribution in [1.29, 1.82) is 0 Å². The number of aromatic nitrogens is 2. The van der Waals surface area contributed by atoms with Gasteiger partial charge in [-0.2, -0.15) is 0 Å². The Morgan fingerprint density at radius 1 is 1.24 bits per heavy atom. The van der Waals surface area contributed by atoms with E-state index in [2.05, 4.69) is 46.2 Å². The predicted molar refractivity (Wildman–Crippen MR) is 73.5 cm³/mol. The highest BCUT2D eigenvalue weighted by Gasteiger charge is 2.17. The van der Waals surface area contributed by atoms with E-state index in [-0.39, 0.29) is 5.41 Å². The van der Waals surface area contributed by atoms with Gasteiger partial charge in [-0.05, 0) is 17.1 Å². The van der Waals surface area contributed by atoms with E-state index in [0.29, 0.717) is 0 Å². The largest absolute Gasteiger partial charge is 0.306 e. The average molecular weight is 267 g/mol. The zero-order valence-electron chi connectivity index (χ0n) is 10.4. The first-order chi connectivity index (χ1) is 8.05. The van der Waals surface area contributed by atoms with Crippen LogP contribution < -0.4 is 5.32 Å². The Hall–Kier alpha value is -0.780. The summed E-state index contributed by atoms with van der Waals surface area (Å²) in [5, 5.41) is 8.76. The van der Waals surface area contributed by atoms with Gasteiger partial charge in [0.1, 0.15) is 5.01 Å². The molecule has 2 heterocycles. The molecule has 0 bridgehead atoms. The molecule has 0 saturated heterocycles. The lowest BCUT2D eigenvalue weighted by Crippen LogP contribution is -2.14. The molecular formula is C12H17N3S2. The van der Waals surface area contributed by atoms with Gasteiger partial charge < -0.3 is 5.32 Å². The third kappa shape index (κ3) is 3.59. The van der Waals surface area contributed by atoms with Crippen LogP contribution in [0, 0.1) is 0 Å². The van der Waals surface area contributed by atoms with E-state index < -0.39 is 0 Å². The van der Waals surface area contributed by atoms with Gasteiger partial charge in [0.25, 0.3) is 0 Å². The van der Waals surface area contributed by atoms with Crippen molar-refractivity contribution in [3.05, 3.63) is 33.2 Å². The third-order valence-corrected chi connectivity index (χ3v) is 3.89. The van der Waals surface area contributed by atoms with Gasteiger partial charge in [0.05, 0.1) is 5.69 Å². The minimum atomic E-state index is 0.145. The van der Waals surface area contributed by atoms with Gasteiger partial charge in [-0.25, -0.2) is 9.36 Å². The number of rotatable bonds is 4. The molecule has 0 aliphatic rings. The molecular weight excluding hydrogens is 250 g/mol. The lowest BCUT2D eigenvalue weighted by molar-refractivity contribution is 0.568. The minimum Gasteiger partial charge on any atom is -0.306 e. The van der Waals surface area contributed by atoms with Gasteiger partial charge in [0, 0.05) is 35.5 Å². The van der Waals surface area contributed by atoms with Crippen molar-refractivity contribution in [2.24, 2.45) is 0 Å². The summed E-state index contributed by atoms with van der Waals surface area (Å²) in [4.78, 5) is 4.64. The number of hydrogen-bond acceptors (Lipinski definition) is 5. The molecule has 0 aliphatic carbocycles. The zero-order chi connectivity index (χ0) is 12.3. The van der Waals surface area contributed by atoms with Gasteiger partial charge in [-0.3, -0.25) is 0 Å². The number of nitrogens with one attached hydrogen (secondary N) is 1. The maximum atomic E-state index is 4.64. The lowest BCUT2D eigenvalue weighted by Gasteiger charge is -2.14. The maximum absolute atomic E-state index is 4.64. The minimum absolute atomic E-state index is 0.145. The molecule has 0 saturated carbocycles. The molecule has 0 spiro atoms. The van der Waals surface area contributed by atoms with E-state index in [0.717, 1.165) is 18.1 Å². The Labute approximate surface area is 110 Å². The third-order valence-electron chi connectivity index (χ3n) is 2.41. The summed E-state index contributed by atoms with van der Waals surface area (Å²) in [5.41, 5.74) is 2.56. The van der Waals surface area contributed by atoms with Crippen molar-refractivity contribution in [2.45, 2.75) is 39.3 Å². The second-order valence-electron chi connectivity index (χ2n) is 5.01. The van der Waals surface area contributed by atoms with Crippen molar-refractivity contribution in [3.8, 4) is 0 Å². The van der Waals surface area contributed by atoms with Gasteiger partial charge in [-0.1, -0.05) is 20.8 Å². The van der Waals surface area contributed by atoms with E-state index in [4.69, 9.17) is 0 Å². The smallest absolute Gasteiger partial charge is 0.107 e. The fraction of sp³-hybridized carbons (Fsp3) is 0.500. The van der Waals surface area contributed by atoms with Crippen LogP contribution in [0.25, 0.3) is 0 Å². The van der Waals surface area contributed by atoms with Crippen LogP contribution >= 0.6 is 22.9 Å². The summed E-state index contributed by atoms with van der Waals surface area (Å²) in [5.74, 6) is 0. The maximum Gasteiger partial charge on any atom is 0.107 e. The molecule has 5 heteroatoms. The molecule has 0 unspecified atom stereocenters. The number of hydrogen-bond donors (Lipinski definition) is 1. The molecule has 92 valence electrons. The van der Waals surface area contributed by atoms with E-state index in [1.54, 1.807) is 11.3 Å². The van der Waals surface area contributed by atoms with Gasteiger partial charge in [0.15, 0.2) is 0 Å². The molecule has 0 atom stereocenters. The van der Waals surface area contributed by atoms with Crippen LogP contribution in [0.15, 0.2) is 17.0 Å². The number of thiazole rings is 1. The van der Waals surface area contributed by atoms with Crippen LogP contribution in [0.2, 0.25) is 0 Å². The van der Waals surface area contributed by atoms with Crippen LogP contribution in [0.3, 0.4) is 0 Å². The Morgan fingerprint density at radius 2 is 2.06 bits per heavy atom. The highest BCUT2D eigenvalue weighted by atomic mass is 32.1. The average Bonchev–Trinajstić information content (AvgIpc) is 2.86. The second-order valence-corrected chi connectivity index (χ2v) is 6.61. The summed E-state index contributed by atoms with van der Waals surface area (Å²) in [7, 11) is 0. The molecule has 0 aromatic carbocycles. The fourth-order valence-corrected chi connectivity index (χ4v) is 2.89. The molecule has 0 radical (unpaired) electrons. The van der Waals surface area contributed by atoms with Crippen LogP contribution in [0.5, 0.6) is 0 Å². The quantitative estimate of drug-likeness (QED) is 0.924. The monoisotopic (exact) mass is 267 g/mol. The molecule has 17 heavy (non-hydrogen) atoms. The van der Waals surface area contributed by atoms with Gasteiger partial charge in [-0.15, -0.1) is 11.3 Å². The summed E-state index contributed by atoms with van der Waals surface area (Å²) in [6.45, 7) is 8.26. The summed E-state index contributed by atoms with van der Waals surface area (Å²) < 4.78 is 4.07. The summed E-state index contributed by atoms with van der Waals surface area (Å²) in [6.07, 6.45) is 1.90. The Bertz CT molecular complexity index is 454. The van der Waals surface area contributed by atoms with Crippen molar-refractivity contribution < 1.29 is 0 Å². The molecule has 2 aromatic heterocycles. The van der Waals surface area contributed by atoms with Gasteiger partial charge in [0.2, 0.25) is 0 Å². The molecule has 0 aliphatic heterocycles. The van der Waals surface area contributed by atoms with Crippen molar-refractivity contribution in [1.82, 2.24) is 14.7 Å². The Balaban J connectivity index is 1.85. The van der Waals surface area contributed by atoms with Crippen molar-refractivity contribution in [2.75, 3.05) is 0 Å². The molecule has 1 N–H and O–H groups in total. The van der Waals surface area contributed by atoms with Crippen molar-refractivity contribution in [3.63, 3.8) is 0 Å². The molecule has 2 aromatic rings. The first-order valence-corrected chi connectivity index (χ1v) is 7.31. The fourth-order valence-electron chi connectivity index (χ4n) is 1.36. The topological polar surface area (TPSA) is 37.8 Å². The Morgan fingerprint density at radius 3 is 2.65 bits per heavy atom. The molecule has 0 fully saturated rings. The first-order valence-electron chi connectivity index (χ1n) is 5.59. The van der Waals surface area contributed by atoms with Gasteiger partial charge >= 0.3 is 0 Å². The SMILES string of the molecule is CC(C)(C)c1csc(CNCc2cnsc2)n1. The second kappa shape index (κ2) is 5.25. The molecule has 3 nitrogen and oxygen atoms in total. The highest BCUT2D eigenvalue weighted by molar-refractivity contribution is 7.09. The van der Waals surface area contributed by atoms with Crippen LogP contribution in [-0.2, 0) is 18.5 Å². The number of nitrogens with zero attached hydrogens (tertiary/aromatic N) is 2. The van der Waals surface area contributed by atoms with Crippen LogP contribution in [-0.4, -0.2) is 9.36 Å². The van der Waals surface area contributed by atoms with Crippen LogP contribution in [0.4, 0.5) is 0 Å².